The predicted octanol–water partition coefficient (Wildman–Crippen LogP) is 2.41. The lowest BCUT2D eigenvalue weighted by atomic mass is 9.95. The molecule has 1 aliphatic rings. The fourth-order valence-corrected chi connectivity index (χ4v) is 4.40. The molecule has 0 saturated carbocycles. The Morgan fingerprint density at radius 3 is 3.12 bits per heavy atom. The van der Waals surface area contributed by atoms with Crippen molar-refractivity contribution in [2.75, 3.05) is 32.4 Å². The van der Waals surface area contributed by atoms with Gasteiger partial charge in [-0.05, 0) is 25.2 Å². The van der Waals surface area contributed by atoms with Gasteiger partial charge in [0.1, 0.15) is 4.34 Å². The van der Waals surface area contributed by atoms with Crippen LogP contribution in [0.2, 0.25) is 0 Å². The summed E-state index contributed by atoms with van der Waals surface area (Å²) in [5.41, 5.74) is 5.32. The fraction of sp³-hybridized carbons (Fsp3) is 0.667. The van der Waals surface area contributed by atoms with Gasteiger partial charge >= 0.3 is 0 Å². The fourth-order valence-electron chi connectivity index (χ4n) is 2.75. The molecule has 3 N–H and O–H groups in total. The SMILES string of the molecule is CN=C(NCCCSc1nccs1)N1CCCC(CC(N)=O)C1.I. The van der Waals surface area contributed by atoms with Crippen LogP contribution >= 0.6 is 47.1 Å². The van der Waals surface area contributed by atoms with E-state index in [9.17, 15) is 4.79 Å². The van der Waals surface area contributed by atoms with E-state index >= 15 is 0 Å². The maximum atomic E-state index is 11.1. The van der Waals surface area contributed by atoms with Crippen molar-refractivity contribution in [2.45, 2.75) is 30.0 Å². The van der Waals surface area contributed by atoms with Gasteiger partial charge in [0.25, 0.3) is 0 Å². The number of likely N-dealkylation sites (tertiary alicyclic amines) is 1. The highest BCUT2D eigenvalue weighted by Crippen LogP contribution is 2.21. The number of halogens is 1. The molecule has 1 saturated heterocycles. The number of nitrogens with one attached hydrogen (secondary N) is 1. The average molecular weight is 483 g/mol. The molecule has 2 rings (SSSR count). The molecule has 0 aliphatic carbocycles. The number of guanidine groups is 1. The van der Waals surface area contributed by atoms with Crippen molar-refractivity contribution in [2.24, 2.45) is 16.6 Å². The number of piperidine rings is 1. The lowest BCUT2D eigenvalue weighted by Crippen LogP contribution is -2.47. The van der Waals surface area contributed by atoms with Crippen molar-refractivity contribution in [3.63, 3.8) is 0 Å². The summed E-state index contributed by atoms with van der Waals surface area (Å²) < 4.78 is 1.12. The number of aromatic nitrogens is 1. The van der Waals surface area contributed by atoms with Gasteiger partial charge in [-0.1, -0.05) is 11.8 Å². The molecule has 24 heavy (non-hydrogen) atoms. The summed E-state index contributed by atoms with van der Waals surface area (Å²) in [7, 11) is 1.81. The van der Waals surface area contributed by atoms with Gasteiger partial charge in [-0.2, -0.15) is 0 Å². The minimum Gasteiger partial charge on any atom is -0.370 e. The number of rotatable bonds is 7. The summed E-state index contributed by atoms with van der Waals surface area (Å²) in [6, 6.07) is 0. The molecule has 136 valence electrons. The molecule has 0 spiro atoms. The van der Waals surface area contributed by atoms with Gasteiger partial charge in [-0.25, -0.2) is 4.98 Å². The van der Waals surface area contributed by atoms with E-state index in [1.54, 1.807) is 23.1 Å². The highest BCUT2D eigenvalue weighted by molar-refractivity contribution is 14.0. The zero-order chi connectivity index (χ0) is 16.5. The third kappa shape index (κ3) is 7.56. The van der Waals surface area contributed by atoms with Gasteiger partial charge in [0.05, 0.1) is 0 Å². The van der Waals surface area contributed by atoms with Gasteiger partial charge in [0, 0.05) is 50.4 Å². The zero-order valence-corrected chi connectivity index (χ0v) is 17.9. The van der Waals surface area contributed by atoms with Crippen LogP contribution in [0.25, 0.3) is 0 Å². The topological polar surface area (TPSA) is 83.6 Å². The van der Waals surface area contributed by atoms with E-state index in [4.69, 9.17) is 5.73 Å². The summed E-state index contributed by atoms with van der Waals surface area (Å²) in [5, 5.41) is 5.42. The van der Waals surface area contributed by atoms with Crippen molar-refractivity contribution in [1.29, 1.82) is 0 Å². The lowest BCUT2D eigenvalue weighted by molar-refractivity contribution is -0.119. The summed E-state index contributed by atoms with van der Waals surface area (Å²) in [5.74, 6) is 2.11. The first-order valence-electron chi connectivity index (χ1n) is 7.95. The molecule has 2 heterocycles. The molecule has 1 aromatic rings. The summed E-state index contributed by atoms with van der Waals surface area (Å²) in [4.78, 5) is 22.0. The highest BCUT2D eigenvalue weighted by Gasteiger charge is 2.23. The van der Waals surface area contributed by atoms with Crippen LogP contribution in [0.3, 0.4) is 0 Å². The molecule has 0 bridgehead atoms. The number of thioether (sulfide) groups is 1. The Morgan fingerprint density at radius 2 is 2.46 bits per heavy atom. The van der Waals surface area contributed by atoms with E-state index in [2.05, 4.69) is 20.2 Å². The Kier molecular flexibility index (Phi) is 10.7. The van der Waals surface area contributed by atoms with Crippen LogP contribution in [0.1, 0.15) is 25.7 Å². The molecule has 1 amide bonds. The molecule has 0 aromatic carbocycles. The van der Waals surface area contributed by atoms with E-state index < -0.39 is 0 Å². The smallest absolute Gasteiger partial charge is 0.217 e. The van der Waals surface area contributed by atoms with Gasteiger partial charge in [-0.3, -0.25) is 9.79 Å². The third-order valence-corrected chi connectivity index (χ3v) is 5.81. The number of hydrogen-bond donors (Lipinski definition) is 2. The Bertz CT molecular complexity index is 512. The molecule has 0 radical (unpaired) electrons. The van der Waals surface area contributed by atoms with E-state index in [1.807, 2.05) is 18.6 Å². The third-order valence-electron chi connectivity index (χ3n) is 3.76. The minimum atomic E-state index is -0.209. The van der Waals surface area contributed by atoms with Crippen molar-refractivity contribution >= 4 is 58.9 Å². The second-order valence-electron chi connectivity index (χ2n) is 5.60. The first kappa shape index (κ1) is 21.5. The van der Waals surface area contributed by atoms with E-state index in [0.717, 1.165) is 54.9 Å². The molecule has 1 atom stereocenters. The minimum absolute atomic E-state index is 0. The van der Waals surface area contributed by atoms with Crippen LogP contribution in [0.4, 0.5) is 0 Å². The van der Waals surface area contributed by atoms with Gasteiger partial charge in [0.15, 0.2) is 5.96 Å². The van der Waals surface area contributed by atoms with E-state index in [0.29, 0.717) is 12.3 Å². The quantitative estimate of drug-likeness (QED) is 0.205. The molecule has 1 aliphatic heterocycles. The van der Waals surface area contributed by atoms with Crippen molar-refractivity contribution in [3.05, 3.63) is 11.6 Å². The second kappa shape index (κ2) is 11.9. The number of hydrogen-bond acceptors (Lipinski definition) is 5. The van der Waals surface area contributed by atoms with Crippen LogP contribution in [0, 0.1) is 5.92 Å². The Labute approximate surface area is 169 Å². The maximum Gasteiger partial charge on any atom is 0.217 e. The first-order valence-corrected chi connectivity index (χ1v) is 9.81. The average Bonchev–Trinajstić information content (AvgIpc) is 3.04. The van der Waals surface area contributed by atoms with Crippen LogP contribution in [0.15, 0.2) is 20.9 Å². The molecule has 9 heteroatoms. The Hall–Kier alpha value is -0.550. The largest absolute Gasteiger partial charge is 0.370 e. The summed E-state index contributed by atoms with van der Waals surface area (Å²) in [6.45, 7) is 2.74. The van der Waals surface area contributed by atoms with Gasteiger partial charge in [0.2, 0.25) is 5.91 Å². The van der Waals surface area contributed by atoms with Crippen molar-refractivity contribution in [1.82, 2.24) is 15.2 Å². The molecule has 1 unspecified atom stereocenters. The summed E-state index contributed by atoms with van der Waals surface area (Å²) in [6.07, 6.45) is 5.52. The van der Waals surface area contributed by atoms with Crippen molar-refractivity contribution in [3.8, 4) is 0 Å². The number of primary amides is 1. The Morgan fingerprint density at radius 1 is 1.62 bits per heavy atom. The molecule has 1 aromatic heterocycles. The lowest BCUT2D eigenvalue weighted by Gasteiger charge is -2.34. The monoisotopic (exact) mass is 483 g/mol. The molecular formula is C15H26IN5OS2. The van der Waals surface area contributed by atoms with Gasteiger partial charge < -0.3 is 16.0 Å². The van der Waals surface area contributed by atoms with E-state index in [-0.39, 0.29) is 29.9 Å². The summed E-state index contributed by atoms with van der Waals surface area (Å²) >= 11 is 3.47. The van der Waals surface area contributed by atoms with Crippen LogP contribution < -0.4 is 11.1 Å². The second-order valence-corrected chi connectivity index (χ2v) is 7.84. The highest BCUT2D eigenvalue weighted by atomic mass is 127. The number of amides is 1. The maximum absolute atomic E-state index is 11.1. The standard InChI is InChI=1S/C15H25N5OS2.HI/c1-17-14(18-5-3-8-22-15-19-6-9-23-15)20-7-2-4-12(11-20)10-13(16)21;/h6,9,12H,2-5,7-8,10-11H2,1H3,(H2,16,21)(H,17,18);1H. The molecule has 1 fully saturated rings. The number of carbonyl (C=O) groups is 1. The number of nitrogens with zero attached hydrogens (tertiary/aromatic N) is 3. The van der Waals surface area contributed by atoms with Crippen molar-refractivity contribution < 1.29 is 4.79 Å². The zero-order valence-electron chi connectivity index (χ0n) is 13.9. The van der Waals surface area contributed by atoms with Crippen LogP contribution in [-0.4, -0.2) is 54.2 Å². The van der Waals surface area contributed by atoms with Crippen LogP contribution in [-0.2, 0) is 4.79 Å². The number of carbonyl (C=O) groups excluding carboxylic acids is 1. The number of nitrogens with two attached hydrogens (primary N) is 1. The van der Waals surface area contributed by atoms with E-state index in [1.165, 1.54) is 0 Å². The first-order chi connectivity index (χ1) is 11.2. The molecular weight excluding hydrogens is 457 g/mol. The number of thiazole rings is 1. The van der Waals surface area contributed by atoms with Crippen LogP contribution in [0.5, 0.6) is 0 Å². The van der Waals surface area contributed by atoms with Gasteiger partial charge in [-0.15, -0.1) is 35.3 Å². The normalized spacial score (nSPS) is 18.1. The Balaban J connectivity index is 0.00000288. The predicted molar refractivity (Wildman–Crippen MR) is 112 cm³/mol. The number of aliphatic imine (C=N–C) groups is 1. The molecule has 6 nitrogen and oxygen atoms in total.